The van der Waals surface area contributed by atoms with Crippen LogP contribution >= 0.6 is 0 Å². The standard InChI is InChI=1S/C19H40N2O4Si/c1-17(2,3)15-12-19(25-26(7)8,10-9-11-20-14-22)21(13-15)16(23)24-18(4,5)6/h15,20,22,26H,9-14H2,1-8H3/t15-,19-/m0/s1. The third-order valence-corrected chi connectivity index (χ3v) is 5.70. The van der Waals surface area contributed by atoms with Crippen LogP contribution < -0.4 is 5.32 Å². The Morgan fingerprint density at radius 3 is 2.35 bits per heavy atom. The van der Waals surface area contributed by atoms with E-state index in [9.17, 15) is 4.79 Å². The van der Waals surface area contributed by atoms with Gasteiger partial charge in [-0.25, -0.2) is 4.79 Å². The van der Waals surface area contributed by atoms with E-state index in [1.54, 1.807) is 0 Å². The van der Waals surface area contributed by atoms with E-state index in [0.29, 0.717) is 19.0 Å². The second-order valence-corrected chi connectivity index (χ2v) is 12.1. The predicted molar refractivity (Wildman–Crippen MR) is 108 cm³/mol. The van der Waals surface area contributed by atoms with Crippen LogP contribution in [-0.4, -0.2) is 56.3 Å². The Morgan fingerprint density at radius 1 is 1.27 bits per heavy atom. The summed E-state index contributed by atoms with van der Waals surface area (Å²) in [4.78, 5) is 14.9. The van der Waals surface area contributed by atoms with Gasteiger partial charge < -0.3 is 14.3 Å². The summed E-state index contributed by atoms with van der Waals surface area (Å²) in [5.41, 5.74) is -1.04. The molecule has 0 aromatic heterocycles. The average Bonchev–Trinajstić information content (AvgIpc) is 2.81. The van der Waals surface area contributed by atoms with Gasteiger partial charge in [0, 0.05) is 6.54 Å². The van der Waals surface area contributed by atoms with Crippen LogP contribution in [0.4, 0.5) is 4.79 Å². The minimum atomic E-state index is -1.38. The van der Waals surface area contributed by atoms with E-state index in [-0.39, 0.29) is 18.2 Å². The minimum Gasteiger partial charge on any atom is -0.444 e. The van der Waals surface area contributed by atoms with Crippen molar-refractivity contribution in [3.63, 3.8) is 0 Å². The Hall–Kier alpha value is -0.633. The third kappa shape index (κ3) is 6.83. The lowest BCUT2D eigenvalue weighted by molar-refractivity contribution is -0.0739. The number of amides is 1. The average molecular weight is 389 g/mol. The number of aliphatic hydroxyl groups is 1. The molecule has 1 aliphatic heterocycles. The number of likely N-dealkylation sites (tertiary alicyclic amines) is 1. The number of carbonyl (C=O) groups is 1. The molecule has 0 spiro atoms. The first-order chi connectivity index (χ1) is 11.8. The van der Waals surface area contributed by atoms with Gasteiger partial charge in [0.25, 0.3) is 0 Å². The monoisotopic (exact) mass is 388 g/mol. The lowest BCUT2D eigenvalue weighted by atomic mass is 9.78. The smallest absolute Gasteiger partial charge is 0.412 e. The van der Waals surface area contributed by atoms with E-state index in [1.807, 2.05) is 25.7 Å². The molecule has 2 N–H and O–H groups in total. The van der Waals surface area contributed by atoms with Crippen molar-refractivity contribution in [3.8, 4) is 0 Å². The Morgan fingerprint density at radius 2 is 1.88 bits per heavy atom. The van der Waals surface area contributed by atoms with Gasteiger partial charge in [-0.2, -0.15) is 0 Å². The van der Waals surface area contributed by atoms with E-state index in [0.717, 1.165) is 19.3 Å². The van der Waals surface area contributed by atoms with Crippen LogP contribution in [0.3, 0.4) is 0 Å². The zero-order valence-corrected chi connectivity index (χ0v) is 19.2. The molecule has 1 saturated heterocycles. The highest BCUT2D eigenvalue weighted by molar-refractivity contribution is 6.48. The van der Waals surface area contributed by atoms with Crippen molar-refractivity contribution in [1.29, 1.82) is 0 Å². The number of hydrogen-bond donors (Lipinski definition) is 2. The lowest BCUT2D eigenvalue weighted by Crippen LogP contribution is -2.52. The van der Waals surface area contributed by atoms with Crippen LogP contribution in [0, 0.1) is 11.3 Å². The van der Waals surface area contributed by atoms with Crippen LogP contribution in [0.5, 0.6) is 0 Å². The van der Waals surface area contributed by atoms with Gasteiger partial charge in [0.2, 0.25) is 0 Å². The van der Waals surface area contributed by atoms with Gasteiger partial charge in [-0.1, -0.05) is 20.8 Å². The maximum atomic E-state index is 13.0. The summed E-state index contributed by atoms with van der Waals surface area (Å²) in [6.45, 7) is 18.0. The normalized spacial score (nSPS) is 24.4. The second-order valence-electron chi connectivity index (χ2n) is 9.73. The number of carbonyl (C=O) groups excluding carboxylic acids is 1. The van der Waals surface area contributed by atoms with Gasteiger partial charge in [0.1, 0.15) is 11.3 Å². The van der Waals surface area contributed by atoms with Gasteiger partial charge in [-0.15, -0.1) is 0 Å². The highest BCUT2D eigenvalue weighted by Crippen LogP contribution is 2.45. The first-order valence-electron chi connectivity index (χ1n) is 9.81. The number of aliphatic hydroxyl groups excluding tert-OH is 1. The molecule has 0 unspecified atom stereocenters. The summed E-state index contributed by atoms with van der Waals surface area (Å²) < 4.78 is 12.2. The highest BCUT2D eigenvalue weighted by Gasteiger charge is 2.52. The Kier molecular flexibility index (Phi) is 8.14. The molecule has 6 nitrogen and oxygen atoms in total. The molecule has 1 amide bonds. The first kappa shape index (κ1) is 23.4. The van der Waals surface area contributed by atoms with Crippen molar-refractivity contribution < 1.29 is 19.1 Å². The van der Waals surface area contributed by atoms with Crippen LogP contribution in [0.2, 0.25) is 13.1 Å². The molecule has 7 heteroatoms. The van der Waals surface area contributed by atoms with Gasteiger partial charge >= 0.3 is 6.09 Å². The fourth-order valence-electron chi connectivity index (χ4n) is 3.50. The summed E-state index contributed by atoms with van der Waals surface area (Å²) in [7, 11) is -1.38. The zero-order chi connectivity index (χ0) is 20.2. The summed E-state index contributed by atoms with van der Waals surface area (Å²) in [6.07, 6.45) is 2.13. The van der Waals surface area contributed by atoms with Crippen LogP contribution in [0.1, 0.15) is 60.8 Å². The molecular weight excluding hydrogens is 348 g/mol. The topological polar surface area (TPSA) is 71.0 Å². The summed E-state index contributed by atoms with van der Waals surface area (Å²) in [6, 6.07) is 0. The molecule has 1 aliphatic rings. The highest BCUT2D eigenvalue weighted by atomic mass is 28.3. The molecule has 0 aliphatic carbocycles. The molecule has 1 fully saturated rings. The number of rotatable bonds is 7. The van der Waals surface area contributed by atoms with Gasteiger partial charge in [0.15, 0.2) is 9.04 Å². The van der Waals surface area contributed by atoms with Crippen molar-refractivity contribution in [3.05, 3.63) is 0 Å². The largest absolute Gasteiger partial charge is 0.444 e. The van der Waals surface area contributed by atoms with E-state index < -0.39 is 20.4 Å². The second kappa shape index (κ2) is 9.04. The molecule has 2 atom stereocenters. The fraction of sp³-hybridized carbons (Fsp3) is 0.947. The maximum Gasteiger partial charge on any atom is 0.412 e. The zero-order valence-electron chi connectivity index (χ0n) is 18.0. The molecule has 0 bridgehead atoms. The molecule has 154 valence electrons. The summed E-state index contributed by atoms with van der Waals surface area (Å²) in [5.74, 6) is 0.355. The van der Waals surface area contributed by atoms with Crippen molar-refractivity contribution >= 4 is 15.1 Å². The quantitative estimate of drug-likeness (QED) is 0.398. The Bertz CT molecular complexity index is 459. The fourth-order valence-corrected chi connectivity index (χ4v) is 4.72. The summed E-state index contributed by atoms with van der Waals surface area (Å²) >= 11 is 0. The van der Waals surface area contributed by atoms with E-state index in [4.69, 9.17) is 14.3 Å². The van der Waals surface area contributed by atoms with Gasteiger partial charge in [0.05, 0.1) is 6.73 Å². The van der Waals surface area contributed by atoms with Crippen molar-refractivity contribution in [2.75, 3.05) is 19.8 Å². The van der Waals surface area contributed by atoms with E-state index in [1.165, 1.54) is 0 Å². The van der Waals surface area contributed by atoms with Crippen LogP contribution in [-0.2, 0) is 9.16 Å². The molecule has 26 heavy (non-hydrogen) atoms. The number of ether oxygens (including phenoxy) is 1. The minimum absolute atomic E-state index is 0.0345. The Labute approximate surface area is 161 Å². The van der Waals surface area contributed by atoms with Gasteiger partial charge in [-0.3, -0.25) is 10.2 Å². The maximum absolute atomic E-state index is 13.0. The molecule has 1 heterocycles. The molecule has 0 saturated carbocycles. The van der Waals surface area contributed by atoms with Crippen molar-refractivity contribution in [1.82, 2.24) is 10.2 Å². The Balaban J connectivity index is 3.11. The predicted octanol–water partition coefficient (Wildman–Crippen LogP) is 3.31. The molecule has 0 aromatic rings. The van der Waals surface area contributed by atoms with Crippen LogP contribution in [0.15, 0.2) is 0 Å². The van der Waals surface area contributed by atoms with E-state index >= 15 is 0 Å². The van der Waals surface area contributed by atoms with Crippen molar-refractivity contribution in [2.45, 2.75) is 85.2 Å². The first-order valence-corrected chi connectivity index (χ1v) is 12.6. The SMILES string of the molecule is C[SiH](C)O[C@@]1(CCCNCO)C[C@H](C(C)(C)C)CN1C(=O)OC(C)(C)C. The lowest BCUT2D eigenvalue weighted by Gasteiger charge is -2.40. The van der Waals surface area contributed by atoms with Gasteiger partial charge in [-0.05, 0) is 71.0 Å². The molecular formula is C19H40N2O4Si. The van der Waals surface area contributed by atoms with Crippen molar-refractivity contribution in [2.24, 2.45) is 11.3 Å². The summed E-state index contributed by atoms with van der Waals surface area (Å²) in [5, 5.41) is 11.9. The number of nitrogens with one attached hydrogen (secondary N) is 1. The van der Waals surface area contributed by atoms with Crippen LogP contribution in [0.25, 0.3) is 0 Å². The number of nitrogens with zero attached hydrogens (tertiary/aromatic N) is 1. The molecule has 1 rings (SSSR count). The molecule has 0 aromatic carbocycles. The third-order valence-electron chi connectivity index (χ3n) is 4.79. The van der Waals surface area contributed by atoms with E-state index in [2.05, 4.69) is 39.2 Å². The number of hydrogen-bond acceptors (Lipinski definition) is 5. The molecule has 0 radical (unpaired) electrons.